The minimum Gasteiger partial charge on any atom is -0.485 e. The smallest absolute Gasteiger partial charge is 0.296 e. The van der Waals surface area contributed by atoms with Crippen molar-refractivity contribution in [3.05, 3.63) is 24.3 Å². The number of aliphatic hydroxyl groups excluding tert-OH is 1. The Bertz CT molecular complexity index is 624. The zero-order chi connectivity index (χ0) is 17.8. The van der Waals surface area contributed by atoms with Gasteiger partial charge in [-0.15, -0.1) is 0 Å². The summed E-state index contributed by atoms with van der Waals surface area (Å²) in [5.41, 5.74) is -0.799. The number of aliphatic hydroxyl groups is 1. The molecule has 1 heterocycles. The van der Waals surface area contributed by atoms with Crippen LogP contribution in [0.15, 0.2) is 29.2 Å². The molecule has 2 N–H and O–H groups in total. The molecule has 24 heavy (non-hydrogen) atoms. The predicted octanol–water partition coefficient (Wildman–Crippen LogP) is 0.445. The van der Waals surface area contributed by atoms with Crippen molar-refractivity contribution in [3.8, 4) is 5.75 Å². The van der Waals surface area contributed by atoms with Gasteiger partial charge >= 0.3 is 0 Å². The molecule has 0 bridgehead atoms. The fourth-order valence-corrected chi connectivity index (χ4v) is 3.16. The minimum absolute atomic E-state index is 0.0662. The summed E-state index contributed by atoms with van der Waals surface area (Å²) in [4.78, 5) is 2.26. The van der Waals surface area contributed by atoms with Crippen LogP contribution in [0.1, 0.15) is 13.8 Å². The molecule has 0 radical (unpaired) electrons. The Morgan fingerprint density at radius 1 is 1.25 bits per heavy atom. The van der Waals surface area contributed by atoms with E-state index >= 15 is 0 Å². The lowest BCUT2D eigenvalue weighted by molar-refractivity contribution is -0.0456. The first-order valence-electron chi connectivity index (χ1n) is 7.95. The van der Waals surface area contributed by atoms with Gasteiger partial charge in [-0.3, -0.25) is 9.08 Å². The lowest BCUT2D eigenvalue weighted by atomic mass is 10.0. The van der Waals surface area contributed by atoms with E-state index in [2.05, 4.69) is 14.4 Å². The molecule has 0 amide bonds. The Hall–Kier alpha value is -1.19. The third-order valence-electron chi connectivity index (χ3n) is 4.16. The third-order valence-corrected chi connectivity index (χ3v) is 5.44. The second-order valence-electron chi connectivity index (χ2n) is 6.36. The maximum atomic E-state index is 11.6. The molecule has 1 unspecified atom stereocenters. The number of hydrogen-bond acceptors (Lipinski definition) is 7. The monoisotopic (exact) mass is 358 g/mol. The van der Waals surface area contributed by atoms with E-state index < -0.39 is 21.8 Å². The topological polar surface area (TPSA) is 88.1 Å². The Morgan fingerprint density at radius 2 is 1.83 bits per heavy atom. The van der Waals surface area contributed by atoms with Gasteiger partial charge in [0.1, 0.15) is 17.5 Å². The zero-order valence-electron chi connectivity index (χ0n) is 14.4. The van der Waals surface area contributed by atoms with Crippen LogP contribution in [-0.4, -0.2) is 70.0 Å². The normalized spacial score (nSPS) is 18.3. The highest BCUT2D eigenvalue weighted by molar-refractivity contribution is 7.86. The summed E-state index contributed by atoms with van der Waals surface area (Å²) in [5.74, 6) is 0.495. The van der Waals surface area contributed by atoms with E-state index in [1.165, 1.54) is 12.1 Å². The molecule has 1 aromatic carbocycles. The first-order valence-corrected chi connectivity index (χ1v) is 9.36. The quantitative estimate of drug-likeness (QED) is 0.684. The second kappa shape index (κ2) is 7.79. The van der Waals surface area contributed by atoms with Gasteiger partial charge in [-0.05, 0) is 38.1 Å². The standard InChI is InChI=1S/C16H26N2O5S/c1-16(2,15(19)12-18-10-8-17-9-11-18)23-13-4-6-14(7-5-13)24(20,21)22-3/h4-7,15,17,19H,8-12H2,1-3H3. The van der Waals surface area contributed by atoms with Crippen LogP contribution in [0.4, 0.5) is 0 Å². The number of β-amino-alcohol motifs (C(OH)–C–C–N with tert-alkyl or cyclic N) is 1. The van der Waals surface area contributed by atoms with Crippen LogP contribution in [0, 0.1) is 0 Å². The van der Waals surface area contributed by atoms with E-state index in [0.717, 1.165) is 33.3 Å². The first-order chi connectivity index (χ1) is 11.2. The lowest BCUT2D eigenvalue weighted by Gasteiger charge is -2.36. The van der Waals surface area contributed by atoms with Gasteiger partial charge in [-0.1, -0.05) is 0 Å². The van der Waals surface area contributed by atoms with Crippen LogP contribution >= 0.6 is 0 Å². The van der Waals surface area contributed by atoms with Crippen molar-refractivity contribution in [1.29, 1.82) is 0 Å². The summed E-state index contributed by atoms with van der Waals surface area (Å²) in [7, 11) is -2.59. The number of rotatable bonds is 7. The molecule has 136 valence electrons. The number of nitrogens with one attached hydrogen (secondary N) is 1. The van der Waals surface area contributed by atoms with Gasteiger partial charge in [0, 0.05) is 32.7 Å². The molecule has 8 heteroatoms. The number of nitrogens with zero attached hydrogens (tertiary/aromatic N) is 1. The molecule has 1 aromatic rings. The molecule has 2 rings (SSSR count). The largest absolute Gasteiger partial charge is 0.485 e. The summed E-state index contributed by atoms with van der Waals surface area (Å²) in [5, 5.41) is 13.8. The maximum Gasteiger partial charge on any atom is 0.296 e. The fraction of sp³-hybridized carbons (Fsp3) is 0.625. The van der Waals surface area contributed by atoms with Gasteiger partial charge in [0.25, 0.3) is 10.1 Å². The molecule has 7 nitrogen and oxygen atoms in total. The molecular weight excluding hydrogens is 332 g/mol. The van der Waals surface area contributed by atoms with Gasteiger partial charge in [0.2, 0.25) is 0 Å². The Labute approximate surface area is 143 Å². The predicted molar refractivity (Wildman–Crippen MR) is 90.7 cm³/mol. The molecule has 0 saturated carbocycles. The van der Waals surface area contributed by atoms with Gasteiger partial charge in [0.15, 0.2) is 0 Å². The molecule has 0 aliphatic carbocycles. The fourth-order valence-electron chi connectivity index (χ4n) is 2.50. The highest BCUT2D eigenvalue weighted by Crippen LogP contribution is 2.24. The number of piperazine rings is 1. The van der Waals surface area contributed by atoms with E-state index in [0.29, 0.717) is 12.3 Å². The van der Waals surface area contributed by atoms with Crippen LogP contribution in [0.2, 0.25) is 0 Å². The average molecular weight is 358 g/mol. The third kappa shape index (κ3) is 4.90. The van der Waals surface area contributed by atoms with Crippen molar-refractivity contribution in [1.82, 2.24) is 10.2 Å². The number of hydrogen-bond donors (Lipinski definition) is 2. The summed E-state index contributed by atoms with van der Waals surface area (Å²) >= 11 is 0. The van der Waals surface area contributed by atoms with Crippen molar-refractivity contribution in [3.63, 3.8) is 0 Å². The Balaban J connectivity index is 1.99. The molecule has 0 spiro atoms. The molecular formula is C16H26N2O5S. The number of ether oxygens (including phenoxy) is 1. The van der Waals surface area contributed by atoms with E-state index in [4.69, 9.17) is 4.74 Å². The molecule has 1 aliphatic rings. The van der Waals surface area contributed by atoms with Crippen LogP contribution in [0.5, 0.6) is 5.75 Å². The van der Waals surface area contributed by atoms with Gasteiger partial charge in [-0.25, -0.2) is 0 Å². The van der Waals surface area contributed by atoms with Crippen molar-refractivity contribution >= 4 is 10.1 Å². The van der Waals surface area contributed by atoms with Crippen molar-refractivity contribution in [2.75, 3.05) is 39.8 Å². The summed E-state index contributed by atoms with van der Waals surface area (Å²) in [6, 6.07) is 5.97. The highest BCUT2D eigenvalue weighted by atomic mass is 32.2. The van der Waals surface area contributed by atoms with E-state index in [1.54, 1.807) is 12.1 Å². The Morgan fingerprint density at radius 3 is 2.38 bits per heavy atom. The highest BCUT2D eigenvalue weighted by Gasteiger charge is 2.32. The number of benzene rings is 1. The summed E-state index contributed by atoms with van der Waals surface area (Å²) in [6.45, 7) is 7.81. The second-order valence-corrected chi connectivity index (χ2v) is 8.08. The molecule has 1 aliphatic heterocycles. The van der Waals surface area contributed by atoms with E-state index in [1.807, 2.05) is 13.8 Å². The lowest BCUT2D eigenvalue weighted by Crippen LogP contribution is -2.52. The molecule has 0 aromatic heterocycles. The van der Waals surface area contributed by atoms with E-state index in [-0.39, 0.29) is 4.90 Å². The van der Waals surface area contributed by atoms with Gasteiger partial charge in [0.05, 0.1) is 12.0 Å². The van der Waals surface area contributed by atoms with Crippen LogP contribution in [0.25, 0.3) is 0 Å². The first kappa shape index (κ1) is 19.1. The summed E-state index contributed by atoms with van der Waals surface area (Å²) < 4.78 is 33.6. The SMILES string of the molecule is COS(=O)(=O)c1ccc(OC(C)(C)C(O)CN2CCNCC2)cc1. The maximum absolute atomic E-state index is 11.6. The zero-order valence-corrected chi connectivity index (χ0v) is 15.2. The van der Waals surface area contributed by atoms with Crippen LogP contribution < -0.4 is 10.1 Å². The van der Waals surface area contributed by atoms with Crippen molar-refractivity contribution in [2.24, 2.45) is 0 Å². The average Bonchev–Trinajstić information content (AvgIpc) is 2.56. The van der Waals surface area contributed by atoms with Crippen molar-refractivity contribution < 1.29 is 22.4 Å². The molecule has 1 saturated heterocycles. The molecule has 1 atom stereocenters. The summed E-state index contributed by atoms with van der Waals surface area (Å²) in [6.07, 6.45) is -0.669. The van der Waals surface area contributed by atoms with Crippen LogP contribution in [0.3, 0.4) is 0 Å². The van der Waals surface area contributed by atoms with Gasteiger partial charge < -0.3 is 15.2 Å². The van der Waals surface area contributed by atoms with Crippen LogP contribution in [-0.2, 0) is 14.3 Å². The van der Waals surface area contributed by atoms with Gasteiger partial charge in [-0.2, -0.15) is 8.42 Å². The Kier molecular flexibility index (Phi) is 6.22. The molecule has 1 fully saturated rings. The van der Waals surface area contributed by atoms with E-state index in [9.17, 15) is 13.5 Å². The minimum atomic E-state index is -3.71. The van der Waals surface area contributed by atoms with Crippen molar-refractivity contribution in [2.45, 2.75) is 30.4 Å².